The number of hydrogen-bond donors (Lipinski definition) is 1. The van der Waals surface area contributed by atoms with E-state index in [0.29, 0.717) is 5.92 Å². The first-order chi connectivity index (χ1) is 25.2. The fourth-order valence-electron chi connectivity index (χ4n) is 7.33. The molecule has 0 aliphatic rings. The van der Waals surface area contributed by atoms with Gasteiger partial charge in [0.1, 0.15) is 0 Å². The summed E-state index contributed by atoms with van der Waals surface area (Å²) in [5, 5.41) is 0. The molecule has 0 amide bonds. The largest absolute Gasteiger partial charge is 0.484 e. The van der Waals surface area contributed by atoms with Crippen molar-refractivity contribution in [2.24, 2.45) is 5.92 Å². The van der Waals surface area contributed by atoms with E-state index in [9.17, 15) is 0 Å². The Hall–Kier alpha value is 0.447. The van der Waals surface area contributed by atoms with Crippen LogP contribution < -0.4 is 0 Å². The lowest BCUT2D eigenvalue weighted by molar-refractivity contribution is 0.0425. The number of thiol groups is 1. The molecule has 0 saturated heterocycles. The summed E-state index contributed by atoms with van der Waals surface area (Å²) in [4.78, 5) is 0. The highest BCUT2D eigenvalue weighted by Gasteiger charge is 2.23. The maximum absolute atomic E-state index is 6.78. The minimum absolute atomic E-state index is 0.256. The van der Waals surface area contributed by atoms with Gasteiger partial charge in [-0.15, -0.1) is 0 Å². The second kappa shape index (κ2) is 44.8. The predicted molar refractivity (Wildman–Crippen MR) is 235 cm³/mol. The maximum Gasteiger partial charge on any atom is 0.484 e. The van der Waals surface area contributed by atoms with Gasteiger partial charge in [0.2, 0.25) is 0 Å². The first kappa shape index (κ1) is 51.4. The second-order valence-electron chi connectivity index (χ2n) is 16.4. The smallest absolute Gasteiger partial charge is 0.376 e. The third-order valence-electron chi connectivity index (χ3n) is 10.9. The first-order valence-electron chi connectivity index (χ1n) is 23.7. The predicted octanol–water partition coefficient (Wildman–Crippen LogP) is 16.2. The molecule has 0 N–H and O–H groups in total. The van der Waals surface area contributed by atoms with Crippen LogP contribution in [0.25, 0.3) is 0 Å². The molecule has 0 spiro atoms. The highest BCUT2D eigenvalue weighted by atomic mass is 32.1. The first-order valence-corrected chi connectivity index (χ1v) is 25.7. The quantitative estimate of drug-likeness (QED) is 0.0381. The minimum Gasteiger partial charge on any atom is -0.376 e. The van der Waals surface area contributed by atoms with Gasteiger partial charge in [-0.25, -0.2) is 0 Å². The van der Waals surface area contributed by atoms with Gasteiger partial charge in [0.25, 0.3) is 0 Å². The van der Waals surface area contributed by atoms with Gasteiger partial charge in [0.15, 0.2) is 0 Å². The van der Waals surface area contributed by atoms with Gasteiger partial charge >= 0.3 is 9.53 Å². The van der Waals surface area contributed by atoms with Crippen LogP contribution in [0.1, 0.15) is 265 Å². The van der Waals surface area contributed by atoms with Crippen molar-refractivity contribution in [3.63, 3.8) is 0 Å². The maximum atomic E-state index is 6.78. The Kier molecular flexibility index (Phi) is 45.2. The van der Waals surface area contributed by atoms with Gasteiger partial charge in [-0.05, 0) is 37.4 Å². The molecule has 3 atom stereocenters. The lowest BCUT2D eigenvalue weighted by Crippen LogP contribution is -2.34. The topological polar surface area (TPSA) is 27.7 Å². The highest BCUT2D eigenvalue weighted by Crippen LogP contribution is 2.20. The van der Waals surface area contributed by atoms with Gasteiger partial charge in [0.05, 0.1) is 0 Å². The van der Waals surface area contributed by atoms with Crippen LogP contribution in [0.3, 0.4) is 0 Å². The van der Waals surface area contributed by atoms with Crippen LogP contribution in [-0.4, -0.2) is 34.6 Å². The summed E-state index contributed by atoms with van der Waals surface area (Å²) in [6.45, 7) is 10.8. The molecule has 0 saturated carbocycles. The molecular formula is C46H96O3SSi. The van der Waals surface area contributed by atoms with E-state index in [4.69, 9.17) is 13.3 Å². The Bertz CT molecular complexity index is 623. The SMILES string of the molecule is CCCCCCCCCCCCCCCCO[SiH](OCCCCCCCCCCCCCC)OC(CCCCCCCCCCC)CC(C)CS. The van der Waals surface area contributed by atoms with Crippen LogP contribution >= 0.6 is 12.6 Å². The summed E-state index contributed by atoms with van der Waals surface area (Å²) in [6, 6.07) is 0. The van der Waals surface area contributed by atoms with Crippen LogP contribution in [0.5, 0.6) is 0 Å². The molecule has 0 aromatic carbocycles. The summed E-state index contributed by atoms with van der Waals surface area (Å²) in [7, 11) is -2.15. The van der Waals surface area contributed by atoms with E-state index in [2.05, 4.69) is 40.3 Å². The highest BCUT2D eigenvalue weighted by molar-refractivity contribution is 7.80. The zero-order chi connectivity index (χ0) is 37.1. The molecule has 0 aliphatic carbocycles. The number of unbranched alkanes of at least 4 members (excludes halogenated alkanes) is 32. The fourth-order valence-corrected chi connectivity index (χ4v) is 9.01. The molecule has 5 heteroatoms. The minimum atomic E-state index is -2.15. The zero-order valence-corrected chi connectivity index (χ0v) is 37.7. The van der Waals surface area contributed by atoms with Crippen molar-refractivity contribution in [2.45, 2.75) is 271 Å². The van der Waals surface area contributed by atoms with Crippen LogP contribution in [0.15, 0.2) is 0 Å². The Morgan fingerprint density at radius 3 is 0.961 bits per heavy atom. The summed E-state index contributed by atoms with van der Waals surface area (Å²) < 4.78 is 19.7. The second-order valence-corrected chi connectivity index (χ2v) is 18.3. The third kappa shape index (κ3) is 41.4. The molecule has 0 aromatic heterocycles. The Labute approximate surface area is 330 Å². The summed E-state index contributed by atoms with van der Waals surface area (Å²) in [6.07, 6.45) is 50.7. The molecule has 0 rings (SSSR count). The van der Waals surface area contributed by atoms with E-state index in [0.717, 1.165) is 44.6 Å². The van der Waals surface area contributed by atoms with Gasteiger partial charge in [-0.1, -0.05) is 240 Å². The van der Waals surface area contributed by atoms with Crippen LogP contribution in [0.2, 0.25) is 0 Å². The molecule has 0 bridgehead atoms. The van der Waals surface area contributed by atoms with Gasteiger partial charge in [-0.3, -0.25) is 0 Å². The van der Waals surface area contributed by atoms with Crippen molar-refractivity contribution in [2.75, 3.05) is 19.0 Å². The van der Waals surface area contributed by atoms with Crippen molar-refractivity contribution < 1.29 is 13.3 Å². The summed E-state index contributed by atoms with van der Waals surface area (Å²) in [5.41, 5.74) is 0. The van der Waals surface area contributed by atoms with Gasteiger partial charge in [0, 0.05) is 19.3 Å². The molecular weight excluding hydrogens is 661 g/mol. The van der Waals surface area contributed by atoms with Crippen molar-refractivity contribution in [3.8, 4) is 0 Å². The fraction of sp³-hybridized carbons (Fsp3) is 1.00. The molecule has 0 heterocycles. The van der Waals surface area contributed by atoms with E-state index in [1.165, 1.54) is 212 Å². The summed E-state index contributed by atoms with van der Waals surface area (Å²) in [5.74, 6) is 1.48. The molecule has 0 aromatic rings. The van der Waals surface area contributed by atoms with E-state index in [-0.39, 0.29) is 6.10 Å². The monoisotopic (exact) mass is 757 g/mol. The lowest BCUT2D eigenvalue weighted by atomic mass is 10.00. The van der Waals surface area contributed by atoms with Crippen LogP contribution in [-0.2, 0) is 13.3 Å². The standard InChI is InChI=1S/C46H96O3SSi/c1-5-8-11-14-17-20-22-24-25-27-30-33-36-39-42-48-51(47-41-38-35-32-29-26-23-21-18-15-12-9-6-2)49-46(43-45(4)44-50)40-37-34-31-28-19-16-13-10-7-3/h45-46,50-51H,5-44H2,1-4H3. The van der Waals surface area contributed by atoms with E-state index < -0.39 is 9.53 Å². The molecule has 0 aliphatic heterocycles. The average molecular weight is 757 g/mol. The van der Waals surface area contributed by atoms with Crippen LogP contribution in [0.4, 0.5) is 0 Å². The Balaban J connectivity index is 4.45. The van der Waals surface area contributed by atoms with Crippen LogP contribution in [0, 0.1) is 5.92 Å². The summed E-state index contributed by atoms with van der Waals surface area (Å²) >= 11 is 4.62. The van der Waals surface area contributed by atoms with Crippen molar-refractivity contribution >= 4 is 22.2 Å². The molecule has 308 valence electrons. The molecule has 51 heavy (non-hydrogen) atoms. The van der Waals surface area contributed by atoms with Gasteiger partial charge in [-0.2, -0.15) is 12.6 Å². The number of hydrogen-bond acceptors (Lipinski definition) is 4. The number of rotatable bonds is 45. The average Bonchev–Trinajstić information content (AvgIpc) is 3.14. The molecule has 0 radical (unpaired) electrons. The van der Waals surface area contributed by atoms with E-state index >= 15 is 0 Å². The van der Waals surface area contributed by atoms with E-state index in [1.54, 1.807) is 0 Å². The Morgan fingerprint density at radius 2 is 0.667 bits per heavy atom. The molecule has 0 fully saturated rings. The van der Waals surface area contributed by atoms with Gasteiger partial charge < -0.3 is 13.3 Å². The van der Waals surface area contributed by atoms with Crippen molar-refractivity contribution in [1.82, 2.24) is 0 Å². The lowest BCUT2D eigenvalue weighted by Gasteiger charge is -2.26. The van der Waals surface area contributed by atoms with E-state index in [1.807, 2.05) is 0 Å². The third-order valence-corrected chi connectivity index (χ3v) is 13.2. The normalized spacial score (nSPS) is 13.6. The molecule has 3 nitrogen and oxygen atoms in total. The zero-order valence-electron chi connectivity index (χ0n) is 35.7. The Morgan fingerprint density at radius 1 is 0.392 bits per heavy atom. The van der Waals surface area contributed by atoms with Crippen molar-refractivity contribution in [1.29, 1.82) is 0 Å². The molecule has 3 unspecified atom stereocenters. The van der Waals surface area contributed by atoms with Crippen molar-refractivity contribution in [3.05, 3.63) is 0 Å².